The van der Waals surface area contributed by atoms with Crippen molar-refractivity contribution in [2.45, 2.75) is 26.7 Å². The summed E-state index contributed by atoms with van der Waals surface area (Å²) in [5.41, 5.74) is 3.95. The van der Waals surface area contributed by atoms with Gasteiger partial charge in [0.25, 0.3) is 0 Å². The Morgan fingerprint density at radius 3 is 2.21 bits per heavy atom. The van der Waals surface area contributed by atoms with Gasteiger partial charge < -0.3 is 4.42 Å². The summed E-state index contributed by atoms with van der Waals surface area (Å²) < 4.78 is 20.7. The summed E-state index contributed by atoms with van der Waals surface area (Å²) in [6.07, 6.45) is 9.72. The first-order valence-corrected chi connectivity index (χ1v) is 10.4. The van der Waals surface area contributed by atoms with Gasteiger partial charge in [-0.25, -0.2) is 8.83 Å². The van der Waals surface area contributed by atoms with Crippen LogP contribution in [-0.4, -0.2) is 0 Å². The van der Waals surface area contributed by atoms with Crippen LogP contribution < -0.4 is 0 Å². The van der Waals surface area contributed by atoms with Crippen molar-refractivity contribution >= 4 is 56.2 Å². The van der Waals surface area contributed by atoms with Crippen molar-refractivity contribution in [3.05, 3.63) is 70.6 Å². The monoisotopic (exact) mass is 388 g/mol. The molecule has 0 aliphatic carbocycles. The van der Waals surface area contributed by atoms with Crippen molar-refractivity contribution in [3.8, 4) is 0 Å². The van der Waals surface area contributed by atoms with Gasteiger partial charge in [-0.2, -0.15) is 0 Å². The fourth-order valence-electron chi connectivity index (χ4n) is 3.59. The molecule has 0 fully saturated rings. The van der Waals surface area contributed by atoms with Crippen LogP contribution in [0.2, 0.25) is 0 Å². The fourth-order valence-corrected chi connectivity index (χ4v) is 4.66. The lowest BCUT2D eigenvalue weighted by molar-refractivity contribution is 0.513. The third-order valence-electron chi connectivity index (χ3n) is 4.97. The molecule has 138 valence electrons. The Morgan fingerprint density at radius 1 is 0.786 bits per heavy atom. The van der Waals surface area contributed by atoms with Gasteiger partial charge in [0.2, 0.25) is 0 Å². The highest BCUT2D eigenvalue weighted by molar-refractivity contribution is 7.23. The summed E-state index contributed by atoms with van der Waals surface area (Å²) in [5, 5.41) is 0. The maximum absolute atomic E-state index is 6.12. The molecule has 4 heteroatoms. The normalized spacial score (nSPS) is 12.6. The lowest BCUT2D eigenvalue weighted by atomic mass is 10.1. The molecule has 2 aliphatic rings. The Kier molecular flexibility index (Phi) is 4.21. The Hall–Kier alpha value is -2.98. The predicted molar refractivity (Wildman–Crippen MR) is 117 cm³/mol. The summed E-state index contributed by atoms with van der Waals surface area (Å²) in [4.78, 5) is 0. The van der Waals surface area contributed by atoms with Crippen LogP contribution in [0.25, 0.3) is 44.9 Å². The number of fused-ring (bicyclic) bond motifs is 8. The first-order valence-electron chi connectivity index (χ1n) is 9.55. The second-order valence-electron chi connectivity index (χ2n) is 6.76. The molecule has 28 heavy (non-hydrogen) atoms. The topological polar surface area (TPSA) is 35.7 Å². The average molecular weight is 388 g/mol. The number of thiophene rings is 1. The molecule has 3 aromatic rings. The van der Waals surface area contributed by atoms with Crippen LogP contribution in [-0.2, 0) is 12.8 Å². The van der Waals surface area contributed by atoms with E-state index in [0.717, 1.165) is 57.3 Å². The van der Waals surface area contributed by atoms with E-state index in [4.69, 9.17) is 13.3 Å². The minimum atomic E-state index is 0.767. The second kappa shape index (κ2) is 6.88. The maximum atomic E-state index is 6.12. The lowest BCUT2D eigenvalue weighted by Gasteiger charge is -1.93. The first kappa shape index (κ1) is 17.1. The van der Waals surface area contributed by atoms with Crippen LogP contribution in [0.3, 0.4) is 0 Å². The third kappa shape index (κ3) is 3.00. The molecule has 3 aromatic heterocycles. The Labute approximate surface area is 166 Å². The molecule has 8 bridgehead atoms. The van der Waals surface area contributed by atoms with Gasteiger partial charge in [0.15, 0.2) is 5.56 Å². The summed E-state index contributed by atoms with van der Waals surface area (Å²) >= 11 is 1.75. The molecule has 0 atom stereocenters. The van der Waals surface area contributed by atoms with E-state index in [9.17, 15) is 0 Å². The smallest absolute Gasteiger partial charge is 0.366 e. The van der Waals surface area contributed by atoms with Crippen molar-refractivity contribution in [1.82, 2.24) is 0 Å². The summed E-state index contributed by atoms with van der Waals surface area (Å²) in [6, 6.07) is 12.3. The number of rotatable bonds is 2. The molecule has 3 nitrogen and oxygen atoms in total. The molecule has 0 saturated heterocycles. The predicted octanol–water partition coefficient (Wildman–Crippen LogP) is 7.74. The molecule has 2 aliphatic heterocycles. The zero-order valence-corrected chi connectivity index (χ0v) is 16.6. The Bertz CT molecular complexity index is 1190. The van der Waals surface area contributed by atoms with Gasteiger partial charge in [0.05, 0.1) is 36.4 Å². The van der Waals surface area contributed by atoms with Gasteiger partial charge in [0, 0.05) is 15.0 Å². The van der Waals surface area contributed by atoms with E-state index >= 15 is 0 Å². The number of hydrogen-bond donors (Lipinski definition) is 0. The standard InChI is InChI=1S/C24H20O3S/c1-3-19-21-9-5-15(25-21)13-16-6-11-23(26-16)20(4-2)24-12-8-18(28-24)14-17-7-10-22(19)27-17/h5-14H,3-4H2,1-2H3/q+2. The van der Waals surface area contributed by atoms with E-state index in [1.165, 1.54) is 10.3 Å². The van der Waals surface area contributed by atoms with Crippen LogP contribution in [0.4, 0.5) is 0 Å². The van der Waals surface area contributed by atoms with E-state index in [0.29, 0.717) is 0 Å². The van der Waals surface area contributed by atoms with Crippen molar-refractivity contribution in [3.63, 3.8) is 0 Å². The molecule has 5 rings (SSSR count). The van der Waals surface area contributed by atoms with Crippen LogP contribution >= 0.6 is 11.3 Å². The van der Waals surface area contributed by atoms with Crippen LogP contribution in [0.5, 0.6) is 0 Å². The maximum Gasteiger partial charge on any atom is 0.366 e. The lowest BCUT2D eigenvalue weighted by Crippen LogP contribution is -1.85. The average Bonchev–Trinajstić information content (AvgIpc) is 3.47. The summed E-state index contributed by atoms with van der Waals surface area (Å²) in [6.45, 7) is 4.26. The Morgan fingerprint density at radius 2 is 1.50 bits per heavy atom. The highest BCUT2D eigenvalue weighted by Crippen LogP contribution is 2.30. The molecular weight excluding hydrogens is 368 g/mol. The van der Waals surface area contributed by atoms with Gasteiger partial charge in [0.1, 0.15) is 11.2 Å². The SMILES string of the molecule is CCc1c2[o+]c(cc3ccc(o3)c(CC)c3ccc(cc4[o+]c1C=C4)s3)C=C2. The zero-order valence-electron chi connectivity index (χ0n) is 15.8. The fraction of sp³-hybridized carbons (Fsp3) is 0.167. The highest BCUT2D eigenvalue weighted by atomic mass is 32.1. The molecule has 0 N–H and O–H groups in total. The summed E-state index contributed by atoms with van der Waals surface area (Å²) in [5.74, 6) is 3.29. The van der Waals surface area contributed by atoms with E-state index in [2.05, 4.69) is 32.0 Å². The van der Waals surface area contributed by atoms with Crippen LogP contribution in [0, 0.1) is 0 Å². The molecule has 0 spiro atoms. The number of furan rings is 1. The van der Waals surface area contributed by atoms with E-state index < -0.39 is 0 Å². The second-order valence-corrected chi connectivity index (χ2v) is 7.88. The van der Waals surface area contributed by atoms with Crippen molar-refractivity contribution in [2.75, 3.05) is 0 Å². The molecule has 0 radical (unpaired) electrons. The van der Waals surface area contributed by atoms with Crippen molar-refractivity contribution < 1.29 is 13.3 Å². The van der Waals surface area contributed by atoms with Crippen LogP contribution in [0.1, 0.15) is 48.0 Å². The molecular formula is C24H20O3S+2. The van der Waals surface area contributed by atoms with E-state index in [1.54, 1.807) is 11.3 Å². The Balaban J connectivity index is 1.90. The van der Waals surface area contributed by atoms with Gasteiger partial charge in [-0.1, -0.05) is 13.8 Å². The largest absolute Gasteiger partial charge is 0.457 e. The molecule has 0 saturated carbocycles. The molecule has 0 unspecified atom stereocenters. The van der Waals surface area contributed by atoms with Gasteiger partial charge in [-0.3, -0.25) is 0 Å². The van der Waals surface area contributed by atoms with Crippen molar-refractivity contribution in [2.24, 2.45) is 0 Å². The van der Waals surface area contributed by atoms with Gasteiger partial charge in [-0.05, 0) is 37.1 Å². The third-order valence-corrected chi connectivity index (χ3v) is 6.07. The molecule has 0 amide bonds. The first-order chi connectivity index (χ1) is 13.7. The minimum Gasteiger partial charge on any atom is -0.457 e. The molecule has 5 heterocycles. The van der Waals surface area contributed by atoms with Gasteiger partial charge in [-0.15, -0.1) is 11.3 Å². The summed E-state index contributed by atoms with van der Waals surface area (Å²) in [7, 11) is 0. The molecule has 0 aromatic carbocycles. The van der Waals surface area contributed by atoms with Crippen LogP contribution in [0.15, 0.2) is 49.6 Å². The van der Waals surface area contributed by atoms with E-state index in [1.807, 2.05) is 42.5 Å². The zero-order chi connectivity index (χ0) is 19.1. The minimum absolute atomic E-state index is 0.767. The number of aryl methyl sites for hydroxylation is 1. The van der Waals surface area contributed by atoms with Crippen molar-refractivity contribution in [1.29, 1.82) is 0 Å². The highest BCUT2D eigenvalue weighted by Gasteiger charge is 2.27. The quantitative estimate of drug-likeness (QED) is 0.290. The van der Waals surface area contributed by atoms with Gasteiger partial charge >= 0.3 is 23.0 Å². The number of hydrogen-bond acceptors (Lipinski definition) is 2. The van der Waals surface area contributed by atoms with E-state index in [-0.39, 0.29) is 0 Å².